The van der Waals surface area contributed by atoms with Crippen molar-refractivity contribution in [3.05, 3.63) is 5.32 Å². The molecular weight excluding hydrogens is 239 g/mol. The first kappa shape index (κ1) is 17.4. The third kappa shape index (κ3) is 3.45. The summed E-state index contributed by atoms with van der Waals surface area (Å²) in [6.45, 7) is 0.0968. The molecule has 6 nitrogen and oxygen atoms in total. The van der Waals surface area contributed by atoms with E-state index in [0.29, 0.717) is 6.54 Å². The Morgan fingerprint density at radius 3 is 2.00 bits per heavy atom. The van der Waals surface area contributed by atoms with Crippen LogP contribution in [0.15, 0.2) is 0 Å². The summed E-state index contributed by atoms with van der Waals surface area (Å²) in [5.74, 6) is 0. The van der Waals surface area contributed by atoms with Gasteiger partial charge in [-0.15, -0.1) is 6.54 Å². The van der Waals surface area contributed by atoms with Crippen LogP contribution < -0.4 is 51.4 Å². The van der Waals surface area contributed by atoms with E-state index < -0.39 is 24.4 Å². The van der Waals surface area contributed by atoms with Crippen molar-refractivity contribution >= 4 is 0 Å². The standard InChI is InChI=1S/C9H19N2O4.K/c1-10-3-5-7(13)9(15)8(14)6(4-12)11(5)2;/h5-9,12-15H,3-4H2,1-2H3;/q-1;+1/t5-,6?,7?,8-,9?;/m1./s1. The van der Waals surface area contributed by atoms with Gasteiger partial charge in [-0.1, -0.05) is 0 Å². The van der Waals surface area contributed by atoms with Crippen LogP contribution in [0.5, 0.6) is 0 Å². The van der Waals surface area contributed by atoms with Crippen molar-refractivity contribution in [3.63, 3.8) is 0 Å². The van der Waals surface area contributed by atoms with Gasteiger partial charge in [-0.3, -0.25) is 4.90 Å². The van der Waals surface area contributed by atoms with E-state index in [4.69, 9.17) is 5.11 Å². The molecule has 0 amide bonds. The number of aliphatic hydroxyl groups is 4. The zero-order chi connectivity index (χ0) is 11.6. The number of likely N-dealkylation sites (tertiary alicyclic amines) is 1. The maximum Gasteiger partial charge on any atom is 1.00 e. The molecule has 0 aliphatic carbocycles. The van der Waals surface area contributed by atoms with Crippen molar-refractivity contribution in [3.8, 4) is 0 Å². The topological polar surface area (TPSA) is 98.3 Å². The first-order chi connectivity index (χ1) is 7.04. The first-order valence-electron chi connectivity index (χ1n) is 4.97. The van der Waals surface area contributed by atoms with Gasteiger partial charge in [-0.25, -0.2) is 0 Å². The van der Waals surface area contributed by atoms with Crippen LogP contribution in [0.3, 0.4) is 0 Å². The molecule has 0 aromatic rings. The largest absolute Gasteiger partial charge is 1.00 e. The number of aliphatic hydroxyl groups excluding tert-OH is 4. The van der Waals surface area contributed by atoms with Crippen molar-refractivity contribution in [2.45, 2.75) is 30.4 Å². The molecule has 3 unspecified atom stereocenters. The number of likely N-dealkylation sites (N-methyl/N-ethyl adjacent to an activating group) is 2. The second kappa shape index (κ2) is 7.75. The zero-order valence-corrected chi connectivity index (χ0v) is 13.1. The van der Waals surface area contributed by atoms with Gasteiger partial charge in [-0.05, 0) is 7.05 Å². The van der Waals surface area contributed by atoms with E-state index in [1.165, 1.54) is 0 Å². The van der Waals surface area contributed by atoms with Crippen LogP contribution in [0, 0.1) is 0 Å². The van der Waals surface area contributed by atoms with Gasteiger partial charge in [0.25, 0.3) is 0 Å². The van der Waals surface area contributed by atoms with Crippen molar-refractivity contribution in [2.75, 3.05) is 27.2 Å². The van der Waals surface area contributed by atoms with Gasteiger partial charge in [0.2, 0.25) is 0 Å². The Kier molecular flexibility index (Phi) is 8.42. The Hall–Kier alpha value is 1.40. The summed E-state index contributed by atoms with van der Waals surface area (Å²) in [5, 5.41) is 41.9. The van der Waals surface area contributed by atoms with Gasteiger partial charge in [0.05, 0.1) is 18.8 Å². The molecule has 1 aliphatic heterocycles. The molecule has 1 saturated heterocycles. The normalized spacial score (nSPS) is 40.5. The molecule has 0 radical (unpaired) electrons. The smallest absolute Gasteiger partial charge is 0.664 e. The molecule has 1 aliphatic rings. The summed E-state index contributed by atoms with van der Waals surface area (Å²) in [4.78, 5) is 1.66. The molecule has 0 spiro atoms. The Balaban J connectivity index is 0.00000225. The average molecular weight is 258 g/mol. The van der Waals surface area contributed by atoms with E-state index >= 15 is 0 Å². The number of rotatable bonds is 3. The summed E-state index contributed by atoms with van der Waals surface area (Å²) in [6, 6.07) is -0.930. The molecule has 1 rings (SSSR count). The molecule has 16 heavy (non-hydrogen) atoms. The molecule has 7 heteroatoms. The average Bonchev–Trinajstić information content (AvgIpc) is 2.22. The van der Waals surface area contributed by atoms with Crippen LogP contribution in [0.1, 0.15) is 0 Å². The van der Waals surface area contributed by atoms with Gasteiger partial charge in [0.1, 0.15) is 12.2 Å². The van der Waals surface area contributed by atoms with Crippen LogP contribution >= 0.6 is 0 Å². The predicted octanol–water partition coefficient (Wildman–Crippen LogP) is -5.25. The number of piperidine rings is 1. The Morgan fingerprint density at radius 2 is 1.56 bits per heavy atom. The summed E-state index contributed by atoms with van der Waals surface area (Å²) >= 11 is 0. The molecule has 0 bridgehead atoms. The maximum absolute atomic E-state index is 9.73. The van der Waals surface area contributed by atoms with Crippen LogP contribution in [-0.2, 0) is 0 Å². The fourth-order valence-corrected chi connectivity index (χ4v) is 2.05. The molecular formula is C9H19KN2O4. The van der Waals surface area contributed by atoms with E-state index in [-0.39, 0.29) is 64.0 Å². The van der Waals surface area contributed by atoms with Crippen LogP contribution in [0.2, 0.25) is 0 Å². The molecule has 0 saturated carbocycles. The molecule has 4 N–H and O–H groups in total. The maximum atomic E-state index is 9.73. The van der Waals surface area contributed by atoms with Crippen LogP contribution in [0.4, 0.5) is 0 Å². The zero-order valence-electron chi connectivity index (χ0n) is 9.98. The van der Waals surface area contributed by atoms with Gasteiger partial charge < -0.3 is 25.7 Å². The van der Waals surface area contributed by atoms with Gasteiger partial charge >= 0.3 is 51.4 Å². The summed E-state index contributed by atoms with van der Waals surface area (Å²) in [5.41, 5.74) is 0. The molecule has 5 atom stereocenters. The fourth-order valence-electron chi connectivity index (χ4n) is 2.05. The minimum absolute atomic E-state index is 0. The summed E-state index contributed by atoms with van der Waals surface area (Å²) in [7, 11) is 3.31. The summed E-state index contributed by atoms with van der Waals surface area (Å²) < 4.78 is 0. The van der Waals surface area contributed by atoms with Gasteiger partial charge in [0.15, 0.2) is 0 Å². The minimum atomic E-state index is -1.23. The predicted molar refractivity (Wildman–Crippen MR) is 54.6 cm³/mol. The Morgan fingerprint density at radius 1 is 1.06 bits per heavy atom. The monoisotopic (exact) mass is 258 g/mol. The van der Waals surface area contributed by atoms with Crippen molar-refractivity contribution in [1.82, 2.24) is 4.90 Å². The first-order valence-corrected chi connectivity index (χ1v) is 4.97. The fraction of sp³-hybridized carbons (Fsp3) is 1.00. The molecule has 1 fully saturated rings. The van der Waals surface area contributed by atoms with Crippen LogP contribution in [-0.4, -0.2) is 83.0 Å². The third-order valence-corrected chi connectivity index (χ3v) is 3.09. The van der Waals surface area contributed by atoms with E-state index in [0.717, 1.165) is 0 Å². The second-order valence-electron chi connectivity index (χ2n) is 3.95. The minimum Gasteiger partial charge on any atom is -0.664 e. The summed E-state index contributed by atoms with van der Waals surface area (Å²) in [6.07, 6.45) is -3.41. The molecule has 0 aromatic carbocycles. The van der Waals surface area contributed by atoms with Crippen molar-refractivity contribution < 1.29 is 71.8 Å². The van der Waals surface area contributed by atoms with Crippen molar-refractivity contribution in [2.24, 2.45) is 0 Å². The number of hydrogen-bond donors (Lipinski definition) is 4. The Bertz CT molecular complexity index is 210. The van der Waals surface area contributed by atoms with E-state index in [1.54, 1.807) is 19.0 Å². The SMILES string of the molecule is C[N-]C[C@@H]1C(O)C(O)[C@H](O)C(CO)N1C.[K+]. The Labute approximate surface area is 138 Å². The molecule has 1 heterocycles. The van der Waals surface area contributed by atoms with E-state index in [2.05, 4.69) is 5.32 Å². The molecule has 90 valence electrons. The van der Waals surface area contributed by atoms with Crippen LogP contribution in [0.25, 0.3) is 5.32 Å². The second-order valence-corrected chi connectivity index (χ2v) is 3.95. The van der Waals surface area contributed by atoms with E-state index in [1.807, 2.05) is 0 Å². The van der Waals surface area contributed by atoms with Gasteiger partial charge in [0, 0.05) is 6.04 Å². The number of nitrogens with zero attached hydrogens (tertiary/aromatic N) is 2. The van der Waals surface area contributed by atoms with Crippen molar-refractivity contribution in [1.29, 1.82) is 0 Å². The number of hydrogen-bond acceptors (Lipinski definition) is 5. The quantitative estimate of drug-likeness (QED) is 0.379. The molecule has 0 aromatic heterocycles. The van der Waals surface area contributed by atoms with E-state index in [9.17, 15) is 15.3 Å². The van der Waals surface area contributed by atoms with Gasteiger partial charge in [-0.2, -0.15) is 7.05 Å². The third-order valence-electron chi connectivity index (χ3n) is 3.09.